The van der Waals surface area contributed by atoms with Crippen molar-refractivity contribution in [2.75, 3.05) is 5.75 Å². The molecular formula is C15H19N3OS. The summed E-state index contributed by atoms with van der Waals surface area (Å²) in [6.07, 6.45) is 2.20. The topological polar surface area (TPSA) is 57.8 Å². The van der Waals surface area contributed by atoms with Crippen molar-refractivity contribution in [1.29, 1.82) is 0 Å². The van der Waals surface area contributed by atoms with Crippen molar-refractivity contribution in [2.45, 2.75) is 31.7 Å². The van der Waals surface area contributed by atoms with Crippen LogP contribution in [0.4, 0.5) is 0 Å². The second kappa shape index (κ2) is 7.14. The Bertz CT molecular complexity index is 567. The summed E-state index contributed by atoms with van der Waals surface area (Å²) in [5, 5.41) is 9.52. The number of amides is 1. The van der Waals surface area contributed by atoms with E-state index < -0.39 is 0 Å². The fraction of sp³-hybridized carbons (Fsp3) is 0.333. The normalized spacial score (nSPS) is 10.5. The number of benzene rings is 1. The number of carbonyl (C=O) groups excluding carboxylic acids is 1. The Morgan fingerprint density at radius 3 is 2.85 bits per heavy atom. The lowest BCUT2D eigenvalue weighted by atomic mass is 10.1. The molecule has 1 heterocycles. The van der Waals surface area contributed by atoms with Crippen LogP contribution in [0.3, 0.4) is 0 Å². The third kappa shape index (κ3) is 4.42. The highest BCUT2D eigenvalue weighted by atomic mass is 32.2. The molecule has 0 radical (unpaired) electrons. The van der Waals surface area contributed by atoms with Gasteiger partial charge in [-0.1, -0.05) is 6.07 Å². The van der Waals surface area contributed by atoms with E-state index in [1.54, 1.807) is 18.0 Å². The van der Waals surface area contributed by atoms with E-state index in [9.17, 15) is 4.79 Å². The molecule has 2 aromatic rings. The van der Waals surface area contributed by atoms with Crippen molar-refractivity contribution in [3.05, 3.63) is 47.3 Å². The number of thioether (sulfide) groups is 1. The molecule has 0 saturated heterocycles. The number of aromatic amines is 1. The zero-order valence-electron chi connectivity index (χ0n) is 11.8. The van der Waals surface area contributed by atoms with E-state index in [0.717, 1.165) is 11.4 Å². The van der Waals surface area contributed by atoms with Crippen LogP contribution in [0.5, 0.6) is 0 Å². The summed E-state index contributed by atoms with van der Waals surface area (Å²) < 4.78 is 0. The van der Waals surface area contributed by atoms with Gasteiger partial charge in [-0.25, -0.2) is 0 Å². The zero-order valence-corrected chi connectivity index (χ0v) is 12.6. The first kappa shape index (κ1) is 14.7. The van der Waals surface area contributed by atoms with Crippen molar-refractivity contribution in [3.63, 3.8) is 0 Å². The summed E-state index contributed by atoms with van der Waals surface area (Å²) in [6.45, 7) is 4.72. The van der Waals surface area contributed by atoms with Gasteiger partial charge in [0.05, 0.1) is 12.2 Å². The maximum atomic E-state index is 11.7. The van der Waals surface area contributed by atoms with Crippen molar-refractivity contribution in [2.24, 2.45) is 0 Å². The first-order valence-corrected chi connectivity index (χ1v) is 7.59. The summed E-state index contributed by atoms with van der Waals surface area (Å²) in [7, 11) is 0. The summed E-state index contributed by atoms with van der Waals surface area (Å²) in [5.41, 5.74) is 3.51. The van der Waals surface area contributed by atoms with Gasteiger partial charge in [-0.2, -0.15) is 5.10 Å². The molecule has 0 fully saturated rings. The molecule has 0 aliphatic carbocycles. The van der Waals surface area contributed by atoms with Gasteiger partial charge in [0.25, 0.3) is 0 Å². The van der Waals surface area contributed by atoms with Gasteiger partial charge in [0.15, 0.2) is 0 Å². The number of aryl methyl sites for hydroxylation is 2. The minimum Gasteiger partial charge on any atom is -0.350 e. The summed E-state index contributed by atoms with van der Waals surface area (Å²) >= 11 is 1.71. The number of rotatable bonds is 6. The van der Waals surface area contributed by atoms with E-state index in [2.05, 4.69) is 47.6 Å². The Kier molecular flexibility index (Phi) is 5.24. The first-order chi connectivity index (χ1) is 9.65. The van der Waals surface area contributed by atoms with E-state index in [-0.39, 0.29) is 5.91 Å². The number of hydrogen-bond donors (Lipinski definition) is 2. The Balaban J connectivity index is 1.69. The quantitative estimate of drug-likeness (QED) is 0.804. The molecule has 106 valence electrons. The molecule has 1 aromatic heterocycles. The minimum atomic E-state index is 0.0657. The Morgan fingerprint density at radius 1 is 1.30 bits per heavy atom. The smallest absolute Gasteiger partial charge is 0.221 e. The highest BCUT2D eigenvalue weighted by Gasteiger charge is 2.03. The van der Waals surface area contributed by atoms with E-state index in [4.69, 9.17) is 0 Å². The molecular weight excluding hydrogens is 270 g/mol. The number of nitrogens with one attached hydrogen (secondary N) is 2. The average molecular weight is 289 g/mol. The van der Waals surface area contributed by atoms with Gasteiger partial charge >= 0.3 is 0 Å². The van der Waals surface area contributed by atoms with Gasteiger partial charge in [-0.3, -0.25) is 9.89 Å². The number of carbonyl (C=O) groups is 1. The molecule has 0 bridgehead atoms. The van der Waals surface area contributed by atoms with Crippen molar-refractivity contribution < 1.29 is 4.79 Å². The molecule has 0 unspecified atom stereocenters. The van der Waals surface area contributed by atoms with Gasteiger partial charge in [0.2, 0.25) is 5.91 Å². The molecule has 0 aliphatic heterocycles. The molecule has 5 heteroatoms. The van der Waals surface area contributed by atoms with Crippen LogP contribution in [-0.4, -0.2) is 21.9 Å². The van der Waals surface area contributed by atoms with Crippen molar-refractivity contribution in [1.82, 2.24) is 15.5 Å². The van der Waals surface area contributed by atoms with Gasteiger partial charge in [-0.05, 0) is 43.2 Å². The Hall–Kier alpha value is -1.75. The minimum absolute atomic E-state index is 0.0657. The van der Waals surface area contributed by atoms with Gasteiger partial charge < -0.3 is 5.32 Å². The molecule has 20 heavy (non-hydrogen) atoms. The lowest BCUT2D eigenvalue weighted by Gasteiger charge is -2.06. The highest BCUT2D eigenvalue weighted by molar-refractivity contribution is 7.99. The maximum absolute atomic E-state index is 11.7. The zero-order chi connectivity index (χ0) is 14.4. The Labute approximate surface area is 123 Å². The monoisotopic (exact) mass is 289 g/mol. The van der Waals surface area contributed by atoms with E-state index in [1.807, 2.05) is 6.07 Å². The fourth-order valence-electron chi connectivity index (χ4n) is 1.73. The molecule has 1 aromatic carbocycles. The Morgan fingerprint density at radius 2 is 2.15 bits per heavy atom. The van der Waals surface area contributed by atoms with Crippen LogP contribution in [0.25, 0.3) is 0 Å². The first-order valence-electron chi connectivity index (χ1n) is 6.60. The molecule has 2 rings (SSSR count). The van der Waals surface area contributed by atoms with Crippen LogP contribution in [0.2, 0.25) is 0 Å². The van der Waals surface area contributed by atoms with Gasteiger partial charge in [0, 0.05) is 23.3 Å². The third-order valence-corrected chi connectivity index (χ3v) is 4.11. The number of aromatic nitrogens is 2. The predicted molar refractivity (Wildman–Crippen MR) is 81.7 cm³/mol. The lowest BCUT2D eigenvalue weighted by Crippen LogP contribution is -2.23. The molecule has 1 amide bonds. The summed E-state index contributed by atoms with van der Waals surface area (Å²) in [5.74, 6) is 0.855. The molecule has 0 atom stereocenters. The van der Waals surface area contributed by atoms with Gasteiger partial charge in [-0.15, -0.1) is 11.8 Å². The van der Waals surface area contributed by atoms with Crippen LogP contribution < -0.4 is 5.32 Å². The number of nitrogens with zero attached hydrogens (tertiary/aromatic N) is 1. The van der Waals surface area contributed by atoms with E-state index in [0.29, 0.717) is 13.0 Å². The fourth-order valence-corrected chi connectivity index (χ4v) is 2.68. The van der Waals surface area contributed by atoms with Crippen LogP contribution in [0.15, 0.2) is 35.4 Å². The summed E-state index contributed by atoms with van der Waals surface area (Å²) in [4.78, 5) is 12.9. The molecule has 2 N–H and O–H groups in total. The van der Waals surface area contributed by atoms with Gasteiger partial charge in [0.1, 0.15) is 0 Å². The third-order valence-electron chi connectivity index (χ3n) is 3.11. The van der Waals surface area contributed by atoms with Crippen LogP contribution in [-0.2, 0) is 11.3 Å². The van der Waals surface area contributed by atoms with Crippen LogP contribution in [0, 0.1) is 13.8 Å². The van der Waals surface area contributed by atoms with Crippen molar-refractivity contribution in [3.8, 4) is 0 Å². The molecule has 0 aliphatic rings. The molecule has 4 nitrogen and oxygen atoms in total. The van der Waals surface area contributed by atoms with Crippen LogP contribution in [0.1, 0.15) is 23.2 Å². The number of hydrogen-bond acceptors (Lipinski definition) is 3. The maximum Gasteiger partial charge on any atom is 0.221 e. The predicted octanol–water partition coefficient (Wildman–Crippen LogP) is 2.83. The largest absolute Gasteiger partial charge is 0.350 e. The molecule has 0 spiro atoms. The highest BCUT2D eigenvalue weighted by Crippen LogP contribution is 2.21. The van der Waals surface area contributed by atoms with E-state index >= 15 is 0 Å². The SMILES string of the molecule is Cc1ccc(SCCC(=O)NCc2ccn[nH]2)cc1C. The second-order valence-electron chi connectivity index (χ2n) is 4.70. The standard InChI is InChI=1S/C15H19N3OS/c1-11-3-4-14(9-12(11)2)20-8-6-15(19)16-10-13-5-7-17-18-13/h3-5,7,9H,6,8,10H2,1-2H3,(H,16,19)(H,17,18). The number of H-pyrrole nitrogens is 1. The van der Waals surface area contributed by atoms with Crippen molar-refractivity contribution >= 4 is 17.7 Å². The molecule has 0 saturated carbocycles. The van der Waals surface area contributed by atoms with Crippen LogP contribution >= 0.6 is 11.8 Å². The second-order valence-corrected chi connectivity index (χ2v) is 5.87. The summed E-state index contributed by atoms with van der Waals surface area (Å²) in [6, 6.07) is 8.25. The lowest BCUT2D eigenvalue weighted by molar-refractivity contribution is -0.120. The van der Waals surface area contributed by atoms with E-state index in [1.165, 1.54) is 16.0 Å². The average Bonchev–Trinajstić information content (AvgIpc) is 2.94.